The number of aliphatic hydroxyl groups is 1. The van der Waals surface area contributed by atoms with E-state index in [-0.39, 0.29) is 6.61 Å². The Labute approximate surface area is 104 Å². The van der Waals surface area contributed by atoms with Gasteiger partial charge in [0.2, 0.25) is 0 Å². The van der Waals surface area contributed by atoms with Gasteiger partial charge in [0.25, 0.3) is 0 Å². The number of rotatable bonds is 4. The van der Waals surface area contributed by atoms with E-state index in [1.165, 1.54) is 30.4 Å². The van der Waals surface area contributed by atoms with Crippen molar-refractivity contribution in [3.8, 4) is 5.75 Å². The summed E-state index contributed by atoms with van der Waals surface area (Å²) in [5.74, 6) is 2.08. The Hall–Kier alpha value is -1.02. The van der Waals surface area contributed by atoms with Gasteiger partial charge in [0, 0.05) is 6.61 Å². The van der Waals surface area contributed by atoms with Crippen LogP contribution >= 0.6 is 0 Å². The molecule has 0 amide bonds. The van der Waals surface area contributed by atoms with Crippen LogP contribution in [0.25, 0.3) is 0 Å². The highest BCUT2D eigenvalue weighted by molar-refractivity contribution is 5.39. The normalized spacial score (nSPS) is 20.8. The summed E-state index contributed by atoms with van der Waals surface area (Å²) in [7, 11) is 1.72. The number of benzene rings is 1. The molecule has 0 fully saturated rings. The first kappa shape index (κ1) is 12.4. The van der Waals surface area contributed by atoms with Crippen molar-refractivity contribution < 1.29 is 9.84 Å². The van der Waals surface area contributed by atoms with Crippen LogP contribution in [0, 0.1) is 5.92 Å². The topological polar surface area (TPSA) is 29.5 Å². The lowest BCUT2D eigenvalue weighted by atomic mass is 9.75. The van der Waals surface area contributed by atoms with Crippen LogP contribution in [0.2, 0.25) is 0 Å². The Morgan fingerprint density at radius 2 is 2.29 bits per heavy atom. The molecule has 0 heterocycles. The first-order valence-electron chi connectivity index (χ1n) is 6.54. The zero-order chi connectivity index (χ0) is 12.3. The molecule has 0 unspecified atom stereocenters. The molecule has 2 atom stereocenters. The molecule has 17 heavy (non-hydrogen) atoms. The summed E-state index contributed by atoms with van der Waals surface area (Å²) in [4.78, 5) is 0. The second-order valence-electron chi connectivity index (χ2n) is 5.05. The van der Waals surface area contributed by atoms with Gasteiger partial charge in [-0.25, -0.2) is 0 Å². The molecule has 2 rings (SSSR count). The molecule has 94 valence electrons. The van der Waals surface area contributed by atoms with Crippen molar-refractivity contribution in [2.75, 3.05) is 13.7 Å². The maximum atomic E-state index is 9.09. The highest BCUT2D eigenvalue weighted by atomic mass is 16.5. The summed E-state index contributed by atoms with van der Waals surface area (Å²) in [5, 5.41) is 9.09. The Bertz CT molecular complexity index is 373. The number of ether oxygens (including phenoxy) is 1. The fourth-order valence-electron chi connectivity index (χ4n) is 2.94. The summed E-state index contributed by atoms with van der Waals surface area (Å²) >= 11 is 0. The number of fused-ring (bicyclic) bond motifs is 1. The molecule has 2 nitrogen and oxygen atoms in total. The number of hydrogen-bond donors (Lipinski definition) is 1. The van der Waals surface area contributed by atoms with Crippen LogP contribution in [0.3, 0.4) is 0 Å². The molecule has 1 aliphatic rings. The molecule has 0 aliphatic heterocycles. The van der Waals surface area contributed by atoms with E-state index in [2.05, 4.69) is 25.1 Å². The smallest absolute Gasteiger partial charge is 0.119 e. The van der Waals surface area contributed by atoms with E-state index in [0.717, 1.165) is 12.2 Å². The molecular formula is C15H22O2. The van der Waals surface area contributed by atoms with Gasteiger partial charge in [-0.1, -0.05) is 13.0 Å². The predicted molar refractivity (Wildman–Crippen MR) is 69.5 cm³/mol. The lowest BCUT2D eigenvalue weighted by Crippen LogP contribution is -2.17. The van der Waals surface area contributed by atoms with Gasteiger partial charge in [0.15, 0.2) is 0 Å². The summed E-state index contributed by atoms with van der Waals surface area (Å²) in [6, 6.07) is 6.44. The maximum Gasteiger partial charge on any atom is 0.119 e. The number of aliphatic hydroxyl groups excluding tert-OH is 1. The third-order valence-corrected chi connectivity index (χ3v) is 3.99. The Morgan fingerprint density at radius 1 is 1.47 bits per heavy atom. The van der Waals surface area contributed by atoms with Crippen molar-refractivity contribution in [1.29, 1.82) is 0 Å². The first-order valence-corrected chi connectivity index (χ1v) is 6.54. The van der Waals surface area contributed by atoms with Gasteiger partial charge < -0.3 is 9.84 Å². The van der Waals surface area contributed by atoms with E-state index < -0.39 is 0 Å². The molecule has 1 N–H and O–H groups in total. The monoisotopic (exact) mass is 234 g/mol. The summed E-state index contributed by atoms with van der Waals surface area (Å²) in [6.45, 7) is 2.53. The van der Waals surface area contributed by atoms with Gasteiger partial charge in [-0.15, -0.1) is 0 Å². The average Bonchev–Trinajstić information content (AvgIpc) is 2.37. The summed E-state index contributed by atoms with van der Waals surface area (Å²) in [5.41, 5.74) is 2.91. The van der Waals surface area contributed by atoms with Crippen LogP contribution in [-0.2, 0) is 6.42 Å². The van der Waals surface area contributed by atoms with E-state index in [0.29, 0.717) is 11.8 Å². The van der Waals surface area contributed by atoms with Crippen molar-refractivity contribution in [2.45, 2.75) is 38.5 Å². The van der Waals surface area contributed by atoms with Gasteiger partial charge in [-0.2, -0.15) is 0 Å². The van der Waals surface area contributed by atoms with Gasteiger partial charge in [-0.05, 0) is 60.8 Å². The summed E-state index contributed by atoms with van der Waals surface area (Å²) in [6.07, 6.45) is 4.57. The van der Waals surface area contributed by atoms with Gasteiger partial charge >= 0.3 is 0 Å². The minimum atomic E-state index is 0.289. The lowest BCUT2D eigenvalue weighted by Gasteiger charge is -2.30. The quantitative estimate of drug-likeness (QED) is 0.867. The fraction of sp³-hybridized carbons (Fsp3) is 0.600. The van der Waals surface area contributed by atoms with Crippen molar-refractivity contribution >= 4 is 0 Å². The van der Waals surface area contributed by atoms with Gasteiger partial charge in [0.1, 0.15) is 5.75 Å². The molecule has 0 bridgehead atoms. The second-order valence-corrected chi connectivity index (χ2v) is 5.05. The third-order valence-electron chi connectivity index (χ3n) is 3.99. The lowest BCUT2D eigenvalue weighted by molar-refractivity contribution is 0.243. The standard InChI is InChI=1S/C15H22O2/c1-11(8-9-16)14-5-3-4-12-6-7-13(17-2)10-15(12)14/h6-7,10-11,14,16H,3-5,8-9H2,1-2H3/t11-,14-/m0/s1. The molecule has 0 radical (unpaired) electrons. The van der Waals surface area contributed by atoms with Crippen molar-refractivity contribution in [1.82, 2.24) is 0 Å². The predicted octanol–water partition coefficient (Wildman–Crippen LogP) is 3.13. The molecule has 1 aliphatic carbocycles. The first-order chi connectivity index (χ1) is 8.26. The fourth-order valence-corrected chi connectivity index (χ4v) is 2.94. The molecular weight excluding hydrogens is 212 g/mol. The third kappa shape index (κ3) is 2.63. The highest BCUT2D eigenvalue weighted by Gasteiger charge is 2.25. The minimum Gasteiger partial charge on any atom is -0.497 e. The molecule has 1 aromatic carbocycles. The molecule has 0 saturated carbocycles. The molecule has 2 heteroatoms. The Kier molecular flexibility index (Phi) is 4.06. The number of hydrogen-bond acceptors (Lipinski definition) is 2. The second kappa shape index (κ2) is 5.54. The van der Waals surface area contributed by atoms with Crippen molar-refractivity contribution in [3.63, 3.8) is 0 Å². The highest BCUT2D eigenvalue weighted by Crippen LogP contribution is 2.39. The number of aryl methyl sites for hydroxylation is 1. The Morgan fingerprint density at radius 3 is 3.00 bits per heavy atom. The van der Waals surface area contributed by atoms with Crippen LogP contribution in [0.1, 0.15) is 43.2 Å². The molecule has 0 saturated heterocycles. The van der Waals surface area contributed by atoms with Gasteiger partial charge in [0.05, 0.1) is 7.11 Å². The van der Waals surface area contributed by atoms with Crippen LogP contribution in [0.15, 0.2) is 18.2 Å². The zero-order valence-corrected chi connectivity index (χ0v) is 10.8. The van der Waals surface area contributed by atoms with E-state index in [1.807, 2.05) is 0 Å². The van der Waals surface area contributed by atoms with E-state index >= 15 is 0 Å². The zero-order valence-electron chi connectivity index (χ0n) is 10.8. The molecule has 0 aromatic heterocycles. The number of methoxy groups -OCH3 is 1. The maximum absolute atomic E-state index is 9.09. The van der Waals surface area contributed by atoms with Crippen LogP contribution in [-0.4, -0.2) is 18.8 Å². The van der Waals surface area contributed by atoms with E-state index in [9.17, 15) is 0 Å². The van der Waals surface area contributed by atoms with Crippen LogP contribution in [0.5, 0.6) is 5.75 Å². The van der Waals surface area contributed by atoms with Crippen molar-refractivity contribution in [2.24, 2.45) is 5.92 Å². The summed E-state index contributed by atoms with van der Waals surface area (Å²) < 4.78 is 5.32. The molecule has 1 aromatic rings. The van der Waals surface area contributed by atoms with Crippen molar-refractivity contribution in [3.05, 3.63) is 29.3 Å². The molecule has 0 spiro atoms. The van der Waals surface area contributed by atoms with Crippen LogP contribution in [0.4, 0.5) is 0 Å². The SMILES string of the molecule is COc1ccc2c(c1)[C@H]([C@@H](C)CCO)CCC2. The Balaban J connectivity index is 2.28. The van der Waals surface area contributed by atoms with Crippen LogP contribution < -0.4 is 4.74 Å². The van der Waals surface area contributed by atoms with E-state index in [1.54, 1.807) is 7.11 Å². The van der Waals surface area contributed by atoms with Gasteiger partial charge in [-0.3, -0.25) is 0 Å². The average molecular weight is 234 g/mol. The largest absolute Gasteiger partial charge is 0.497 e. The van der Waals surface area contributed by atoms with E-state index in [4.69, 9.17) is 9.84 Å². The minimum absolute atomic E-state index is 0.289.